The molecule has 0 aromatic heterocycles. The summed E-state index contributed by atoms with van der Waals surface area (Å²) >= 11 is 0. The summed E-state index contributed by atoms with van der Waals surface area (Å²) in [6.07, 6.45) is 1.63. The zero-order chi connectivity index (χ0) is 13.5. The van der Waals surface area contributed by atoms with Crippen molar-refractivity contribution in [3.8, 4) is 0 Å². The van der Waals surface area contributed by atoms with E-state index in [9.17, 15) is 4.79 Å². The topological polar surface area (TPSA) is 50.4 Å². The van der Waals surface area contributed by atoms with Crippen molar-refractivity contribution < 1.29 is 9.53 Å². The Morgan fingerprint density at radius 3 is 2.80 bits per heavy atom. The summed E-state index contributed by atoms with van der Waals surface area (Å²) < 4.78 is 5.60. The second-order valence-electron chi connectivity index (χ2n) is 4.80. The van der Waals surface area contributed by atoms with Crippen LogP contribution in [0, 0.1) is 0 Å². The maximum atomic E-state index is 12.3. The van der Waals surface area contributed by atoms with Crippen LogP contribution in [-0.4, -0.2) is 31.6 Å². The van der Waals surface area contributed by atoms with E-state index in [-0.39, 0.29) is 24.4 Å². The maximum absolute atomic E-state index is 12.3. The predicted octanol–water partition coefficient (Wildman–Crippen LogP) is 2.05. The largest absolute Gasteiger partial charge is 0.364 e. The molecule has 0 aliphatic carbocycles. The van der Waals surface area contributed by atoms with Gasteiger partial charge in [0.05, 0.1) is 0 Å². The van der Waals surface area contributed by atoms with Gasteiger partial charge in [0.2, 0.25) is 0 Å². The van der Waals surface area contributed by atoms with Gasteiger partial charge in [-0.15, -0.1) is 12.4 Å². The summed E-state index contributed by atoms with van der Waals surface area (Å²) in [7, 11) is 0. The number of hydrogen-bond acceptors (Lipinski definition) is 3. The second kappa shape index (κ2) is 8.95. The van der Waals surface area contributed by atoms with Crippen molar-refractivity contribution in [1.29, 1.82) is 0 Å². The van der Waals surface area contributed by atoms with Gasteiger partial charge in [-0.3, -0.25) is 4.79 Å². The molecular formula is C15H23ClN2O2. The lowest BCUT2D eigenvalue weighted by atomic mass is 10.1. The van der Waals surface area contributed by atoms with Gasteiger partial charge in [-0.2, -0.15) is 0 Å². The fourth-order valence-electron chi connectivity index (χ4n) is 2.37. The van der Waals surface area contributed by atoms with Crippen LogP contribution in [0.5, 0.6) is 0 Å². The number of halogens is 1. The quantitative estimate of drug-likeness (QED) is 0.875. The van der Waals surface area contributed by atoms with Crippen molar-refractivity contribution in [2.45, 2.75) is 31.9 Å². The predicted molar refractivity (Wildman–Crippen MR) is 82.1 cm³/mol. The minimum absolute atomic E-state index is 0. The fraction of sp³-hybridized carbons (Fsp3) is 0.533. The minimum Gasteiger partial charge on any atom is -0.364 e. The number of ether oxygens (including phenoxy) is 1. The van der Waals surface area contributed by atoms with E-state index in [1.807, 2.05) is 37.3 Å². The highest BCUT2D eigenvalue weighted by Gasteiger charge is 2.24. The fourth-order valence-corrected chi connectivity index (χ4v) is 2.37. The van der Waals surface area contributed by atoms with E-state index in [4.69, 9.17) is 4.74 Å². The molecule has 112 valence electrons. The first-order valence-corrected chi connectivity index (χ1v) is 6.99. The lowest BCUT2D eigenvalue weighted by Gasteiger charge is -2.26. The highest BCUT2D eigenvalue weighted by molar-refractivity contribution is 5.85. The third kappa shape index (κ3) is 4.78. The zero-order valence-electron chi connectivity index (χ0n) is 11.8. The van der Waals surface area contributed by atoms with E-state index < -0.39 is 6.10 Å². The first-order valence-electron chi connectivity index (χ1n) is 6.99. The average molecular weight is 299 g/mol. The standard InChI is InChI=1S/C15H22N2O2.ClH/c1-2-19-14(12-7-4-3-5-8-12)15(18)17-13-9-6-10-16-11-13;/h3-5,7-8,13-14,16H,2,6,9-11H2,1H3,(H,17,18);1H/t13-,14?;/m0./s1. The van der Waals surface area contributed by atoms with Crippen molar-refractivity contribution in [3.63, 3.8) is 0 Å². The van der Waals surface area contributed by atoms with Gasteiger partial charge in [0.15, 0.2) is 6.10 Å². The smallest absolute Gasteiger partial charge is 0.254 e. The highest BCUT2D eigenvalue weighted by Crippen LogP contribution is 2.18. The summed E-state index contributed by atoms with van der Waals surface area (Å²) in [6, 6.07) is 9.87. The van der Waals surface area contributed by atoms with Gasteiger partial charge in [-0.1, -0.05) is 30.3 Å². The van der Waals surface area contributed by atoms with Crippen LogP contribution in [0.1, 0.15) is 31.4 Å². The third-order valence-corrected chi connectivity index (χ3v) is 3.32. The molecule has 1 unspecified atom stereocenters. The monoisotopic (exact) mass is 298 g/mol. The SMILES string of the molecule is CCOC(C(=O)N[C@H]1CCCNC1)c1ccccc1.Cl. The molecule has 1 aromatic carbocycles. The van der Waals surface area contributed by atoms with E-state index in [1.54, 1.807) is 0 Å². The Labute approximate surface area is 126 Å². The minimum atomic E-state index is -0.506. The first-order chi connectivity index (χ1) is 9.31. The number of rotatable bonds is 5. The van der Waals surface area contributed by atoms with Crippen molar-refractivity contribution in [1.82, 2.24) is 10.6 Å². The molecule has 1 aliphatic heterocycles. The van der Waals surface area contributed by atoms with E-state index in [1.165, 1.54) is 0 Å². The molecule has 20 heavy (non-hydrogen) atoms. The molecule has 1 amide bonds. The molecule has 2 N–H and O–H groups in total. The Kier molecular flexibility index (Phi) is 7.59. The van der Waals surface area contributed by atoms with E-state index in [0.29, 0.717) is 6.61 Å². The highest BCUT2D eigenvalue weighted by atomic mass is 35.5. The summed E-state index contributed by atoms with van der Waals surface area (Å²) in [6.45, 7) is 4.32. The average Bonchev–Trinajstić information content (AvgIpc) is 2.46. The molecule has 5 heteroatoms. The summed E-state index contributed by atoms with van der Waals surface area (Å²) in [5, 5.41) is 6.37. The molecule has 1 fully saturated rings. The van der Waals surface area contributed by atoms with Gasteiger partial charge in [-0.05, 0) is 31.9 Å². The van der Waals surface area contributed by atoms with Crippen LogP contribution >= 0.6 is 12.4 Å². The Bertz CT molecular complexity index is 394. The summed E-state index contributed by atoms with van der Waals surface area (Å²) in [4.78, 5) is 12.3. The third-order valence-electron chi connectivity index (χ3n) is 3.32. The Balaban J connectivity index is 0.00000200. The lowest BCUT2D eigenvalue weighted by Crippen LogP contribution is -2.47. The number of carbonyl (C=O) groups excluding carboxylic acids is 1. The van der Waals surface area contributed by atoms with E-state index in [0.717, 1.165) is 31.5 Å². The molecule has 1 saturated heterocycles. The van der Waals surface area contributed by atoms with Crippen molar-refractivity contribution in [2.24, 2.45) is 0 Å². The number of hydrogen-bond donors (Lipinski definition) is 2. The molecule has 1 heterocycles. The Morgan fingerprint density at radius 2 is 2.20 bits per heavy atom. The van der Waals surface area contributed by atoms with Crippen LogP contribution in [0.25, 0.3) is 0 Å². The molecule has 0 radical (unpaired) electrons. The van der Waals surface area contributed by atoms with Crippen molar-refractivity contribution in [2.75, 3.05) is 19.7 Å². The maximum Gasteiger partial charge on any atom is 0.254 e. The molecule has 2 atom stereocenters. The molecule has 4 nitrogen and oxygen atoms in total. The number of carbonyl (C=O) groups is 1. The van der Waals surface area contributed by atoms with Gasteiger partial charge in [0, 0.05) is 19.2 Å². The van der Waals surface area contributed by atoms with Crippen LogP contribution < -0.4 is 10.6 Å². The van der Waals surface area contributed by atoms with Gasteiger partial charge < -0.3 is 15.4 Å². The molecule has 0 saturated carbocycles. The van der Waals surface area contributed by atoms with Crippen LogP contribution in [0.2, 0.25) is 0 Å². The second-order valence-corrected chi connectivity index (χ2v) is 4.80. The molecular weight excluding hydrogens is 276 g/mol. The Hall–Kier alpha value is -1.10. The number of piperidine rings is 1. The summed E-state index contributed by atoms with van der Waals surface area (Å²) in [5.41, 5.74) is 0.908. The number of amides is 1. The van der Waals surface area contributed by atoms with E-state index >= 15 is 0 Å². The van der Waals surface area contributed by atoms with Gasteiger partial charge in [0.1, 0.15) is 0 Å². The summed E-state index contributed by atoms with van der Waals surface area (Å²) in [5.74, 6) is -0.0400. The van der Waals surface area contributed by atoms with Crippen LogP contribution in [0.4, 0.5) is 0 Å². The molecule has 1 aliphatic rings. The van der Waals surface area contributed by atoms with Gasteiger partial charge >= 0.3 is 0 Å². The lowest BCUT2D eigenvalue weighted by molar-refractivity contribution is -0.133. The van der Waals surface area contributed by atoms with Crippen molar-refractivity contribution in [3.05, 3.63) is 35.9 Å². The number of benzene rings is 1. The van der Waals surface area contributed by atoms with Crippen LogP contribution in [-0.2, 0) is 9.53 Å². The molecule has 0 spiro atoms. The van der Waals surface area contributed by atoms with Gasteiger partial charge in [0.25, 0.3) is 5.91 Å². The van der Waals surface area contributed by atoms with Crippen LogP contribution in [0.3, 0.4) is 0 Å². The normalized spacial score (nSPS) is 19.8. The Morgan fingerprint density at radius 1 is 1.45 bits per heavy atom. The number of nitrogens with one attached hydrogen (secondary N) is 2. The van der Waals surface area contributed by atoms with Crippen LogP contribution in [0.15, 0.2) is 30.3 Å². The van der Waals surface area contributed by atoms with Gasteiger partial charge in [-0.25, -0.2) is 0 Å². The molecule has 0 bridgehead atoms. The zero-order valence-corrected chi connectivity index (χ0v) is 12.6. The van der Waals surface area contributed by atoms with E-state index in [2.05, 4.69) is 10.6 Å². The molecule has 2 rings (SSSR count). The first kappa shape index (κ1) is 17.0. The molecule has 1 aromatic rings. The van der Waals surface area contributed by atoms with Crippen molar-refractivity contribution >= 4 is 18.3 Å².